The normalized spacial score (nSPS) is 10.0. The van der Waals surface area contributed by atoms with Crippen LogP contribution in [0.2, 0.25) is 0 Å². The topological polar surface area (TPSA) is 74.7 Å². The summed E-state index contributed by atoms with van der Waals surface area (Å²) < 4.78 is 0. The quantitative estimate of drug-likeness (QED) is 0.787. The molecule has 1 aromatic rings. The van der Waals surface area contributed by atoms with E-state index in [4.69, 9.17) is 11.0 Å². The average molecular weight is 204 g/mol. The molecule has 3 N–H and O–H groups in total. The van der Waals surface area contributed by atoms with Crippen molar-refractivity contribution in [3.8, 4) is 6.07 Å². The fraction of sp³-hybridized carbons (Fsp3) is 0.455. The molecule has 4 nitrogen and oxygen atoms in total. The predicted octanol–water partition coefficient (Wildman–Crippen LogP) is 2.14. The van der Waals surface area contributed by atoms with Crippen molar-refractivity contribution in [3.05, 3.63) is 17.8 Å². The Morgan fingerprint density at radius 3 is 2.73 bits per heavy atom. The Labute approximate surface area is 90.1 Å². The Balaban J connectivity index is 2.90. The van der Waals surface area contributed by atoms with Crippen LogP contribution in [0, 0.1) is 11.3 Å². The van der Waals surface area contributed by atoms with Gasteiger partial charge in [-0.3, -0.25) is 0 Å². The minimum absolute atomic E-state index is 0.355. The summed E-state index contributed by atoms with van der Waals surface area (Å²) in [4.78, 5) is 4.13. The molecule has 1 heterocycles. The highest BCUT2D eigenvalue weighted by Gasteiger charge is 2.08. The molecule has 0 aliphatic rings. The molecule has 0 unspecified atom stereocenters. The summed E-state index contributed by atoms with van der Waals surface area (Å²) >= 11 is 0. The molecule has 0 bridgehead atoms. The van der Waals surface area contributed by atoms with Crippen LogP contribution < -0.4 is 11.1 Å². The number of rotatable bonds is 4. The minimum atomic E-state index is 0.355. The standard InChI is InChI=1S/C11H16N4/c1-3-10(4-2)15-11-8(6-12)5-9(13)7-14-11/h5,7,10H,3-4,13H2,1-2H3,(H,14,15). The fourth-order valence-corrected chi connectivity index (χ4v) is 1.37. The molecule has 0 saturated heterocycles. The largest absolute Gasteiger partial charge is 0.397 e. The smallest absolute Gasteiger partial charge is 0.144 e. The van der Waals surface area contributed by atoms with E-state index in [1.807, 2.05) is 0 Å². The Bertz CT molecular complexity index is 363. The van der Waals surface area contributed by atoms with Gasteiger partial charge in [0, 0.05) is 6.04 Å². The SMILES string of the molecule is CCC(CC)Nc1ncc(N)cc1C#N. The summed E-state index contributed by atoms with van der Waals surface area (Å²) in [5.41, 5.74) is 6.57. The van der Waals surface area contributed by atoms with Crippen LogP contribution in [0.5, 0.6) is 0 Å². The van der Waals surface area contributed by atoms with Gasteiger partial charge in [-0.25, -0.2) is 4.98 Å². The average Bonchev–Trinajstić information content (AvgIpc) is 2.27. The van der Waals surface area contributed by atoms with Crippen LogP contribution in [0.4, 0.5) is 11.5 Å². The van der Waals surface area contributed by atoms with Crippen LogP contribution >= 0.6 is 0 Å². The Kier molecular flexibility index (Phi) is 3.92. The van der Waals surface area contributed by atoms with Crippen LogP contribution in [-0.4, -0.2) is 11.0 Å². The molecular formula is C11H16N4. The monoisotopic (exact) mass is 204 g/mol. The zero-order valence-electron chi connectivity index (χ0n) is 9.12. The highest BCUT2D eigenvalue weighted by Crippen LogP contribution is 2.16. The number of nitrogens with zero attached hydrogens (tertiary/aromatic N) is 2. The lowest BCUT2D eigenvalue weighted by Gasteiger charge is -2.16. The van der Waals surface area contributed by atoms with Gasteiger partial charge in [-0.15, -0.1) is 0 Å². The molecule has 0 radical (unpaired) electrons. The van der Waals surface area contributed by atoms with E-state index in [1.165, 1.54) is 0 Å². The number of hydrogen-bond acceptors (Lipinski definition) is 4. The lowest BCUT2D eigenvalue weighted by molar-refractivity contribution is 0.668. The van der Waals surface area contributed by atoms with E-state index >= 15 is 0 Å². The van der Waals surface area contributed by atoms with Crippen LogP contribution in [0.15, 0.2) is 12.3 Å². The zero-order valence-corrected chi connectivity index (χ0v) is 9.12. The van der Waals surface area contributed by atoms with E-state index in [0.717, 1.165) is 12.8 Å². The molecule has 0 aliphatic heterocycles. The van der Waals surface area contributed by atoms with Gasteiger partial charge < -0.3 is 11.1 Å². The molecular weight excluding hydrogens is 188 g/mol. The summed E-state index contributed by atoms with van der Waals surface area (Å²) in [5, 5.41) is 12.2. The van der Waals surface area contributed by atoms with E-state index in [2.05, 4.69) is 30.2 Å². The Morgan fingerprint density at radius 2 is 2.20 bits per heavy atom. The van der Waals surface area contributed by atoms with E-state index in [9.17, 15) is 0 Å². The lowest BCUT2D eigenvalue weighted by Crippen LogP contribution is -2.18. The molecule has 0 spiro atoms. The number of pyridine rings is 1. The van der Waals surface area contributed by atoms with Gasteiger partial charge in [0.1, 0.15) is 11.9 Å². The molecule has 0 amide bonds. The van der Waals surface area contributed by atoms with Gasteiger partial charge in [0.15, 0.2) is 0 Å². The molecule has 4 heteroatoms. The van der Waals surface area contributed by atoms with Gasteiger partial charge in [0.25, 0.3) is 0 Å². The van der Waals surface area contributed by atoms with Crippen LogP contribution in [-0.2, 0) is 0 Å². The molecule has 0 fully saturated rings. The third-order valence-corrected chi connectivity index (χ3v) is 2.36. The van der Waals surface area contributed by atoms with Crippen molar-refractivity contribution in [3.63, 3.8) is 0 Å². The summed E-state index contributed by atoms with van der Waals surface area (Å²) in [6, 6.07) is 4.08. The zero-order chi connectivity index (χ0) is 11.3. The first-order chi connectivity index (χ1) is 7.21. The number of aromatic nitrogens is 1. The summed E-state index contributed by atoms with van der Waals surface area (Å²) in [5.74, 6) is 0.625. The highest BCUT2D eigenvalue weighted by atomic mass is 15.0. The number of nitrogens with two attached hydrogens (primary N) is 1. The molecule has 15 heavy (non-hydrogen) atoms. The molecule has 0 saturated carbocycles. The summed E-state index contributed by atoms with van der Waals surface area (Å²) in [6.45, 7) is 4.20. The van der Waals surface area contributed by atoms with Crippen molar-refractivity contribution in [2.45, 2.75) is 32.7 Å². The van der Waals surface area contributed by atoms with Gasteiger partial charge in [-0.2, -0.15) is 5.26 Å². The third-order valence-electron chi connectivity index (χ3n) is 2.36. The maximum Gasteiger partial charge on any atom is 0.144 e. The molecule has 80 valence electrons. The van der Waals surface area contributed by atoms with Gasteiger partial charge in [-0.1, -0.05) is 13.8 Å². The van der Waals surface area contributed by atoms with Crippen molar-refractivity contribution in [2.24, 2.45) is 0 Å². The molecule has 1 aromatic heterocycles. The van der Waals surface area contributed by atoms with E-state index in [1.54, 1.807) is 12.3 Å². The molecule has 0 aliphatic carbocycles. The van der Waals surface area contributed by atoms with Gasteiger partial charge in [-0.05, 0) is 18.9 Å². The maximum atomic E-state index is 8.92. The minimum Gasteiger partial charge on any atom is -0.397 e. The molecule has 0 aromatic carbocycles. The van der Waals surface area contributed by atoms with Crippen molar-refractivity contribution < 1.29 is 0 Å². The van der Waals surface area contributed by atoms with Crippen LogP contribution in [0.3, 0.4) is 0 Å². The van der Waals surface area contributed by atoms with Gasteiger partial charge in [0.2, 0.25) is 0 Å². The lowest BCUT2D eigenvalue weighted by atomic mass is 10.1. The van der Waals surface area contributed by atoms with E-state index in [-0.39, 0.29) is 0 Å². The van der Waals surface area contributed by atoms with Crippen LogP contribution in [0.1, 0.15) is 32.3 Å². The van der Waals surface area contributed by atoms with Crippen molar-refractivity contribution in [1.82, 2.24) is 4.98 Å². The van der Waals surface area contributed by atoms with Gasteiger partial charge >= 0.3 is 0 Å². The highest BCUT2D eigenvalue weighted by molar-refractivity contribution is 5.57. The number of anilines is 2. The predicted molar refractivity (Wildman–Crippen MR) is 61.4 cm³/mol. The first-order valence-corrected chi connectivity index (χ1v) is 5.13. The number of hydrogen-bond donors (Lipinski definition) is 2. The molecule has 0 atom stereocenters. The van der Waals surface area contributed by atoms with E-state index < -0.39 is 0 Å². The Morgan fingerprint density at radius 1 is 1.53 bits per heavy atom. The number of nitrogen functional groups attached to an aromatic ring is 1. The first-order valence-electron chi connectivity index (χ1n) is 5.13. The van der Waals surface area contributed by atoms with E-state index in [0.29, 0.717) is 23.1 Å². The summed E-state index contributed by atoms with van der Waals surface area (Å²) in [6.07, 6.45) is 3.58. The Hall–Kier alpha value is -1.76. The summed E-state index contributed by atoms with van der Waals surface area (Å²) in [7, 11) is 0. The maximum absolute atomic E-state index is 8.92. The van der Waals surface area contributed by atoms with Crippen molar-refractivity contribution >= 4 is 11.5 Å². The van der Waals surface area contributed by atoms with Crippen molar-refractivity contribution in [2.75, 3.05) is 11.1 Å². The van der Waals surface area contributed by atoms with Crippen LogP contribution in [0.25, 0.3) is 0 Å². The number of nitrogens with one attached hydrogen (secondary N) is 1. The van der Waals surface area contributed by atoms with Gasteiger partial charge in [0.05, 0.1) is 17.4 Å². The third kappa shape index (κ3) is 2.84. The fourth-order valence-electron chi connectivity index (χ4n) is 1.37. The second-order valence-electron chi connectivity index (χ2n) is 3.43. The first kappa shape index (κ1) is 11.3. The second kappa shape index (κ2) is 5.20. The molecule has 1 rings (SSSR count). The second-order valence-corrected chi connectivity index (χ2v) is 3.43. The van der Waals surface area contributed by atoms with Crippen molar-refractivity contribution in [1.29, 1.82) is 5.26 Å². The number of nitriles is 1.